The van der Waals surface area contributed by atoms with Crippen LogP contribution in [0.5, 0.6) is 0 Å². The van der Waals surface area contributed by atoms with Gasteiger partial charge in [0.1, 0.15) is 5.69 Å². The van der Waals surface area contributed by atoms with E-state index in [0.717, 1.165) is 31.0 Å². The van der Waals surface area contributed by atoms with Crippen molar-refractivity contribution in [2.24, 2.45) is 11.8 Å². The van der Waals surface area contributed by atoms with Crippen molar-refractivity contribution in [3.8, 4) is 0 Å². The molecule has 1 saturated carbocycles. The molecule has 0 spiro atoms. The summed E-state index contributed by atoms with van der Waals surface area (Å²) in [4.78, 5) is 12.3. The van der Waals surface area contributed by atoms with Crippen molar-refractivity contribution < 1.29 is 4.79 Å². The maximum absolute atomic E-state index is 12.3. The Balaban J connectivity index is 2.08. The molecule has 3 nitrogen and oxygen atoms in total. The Labute approximate surface area is 96.8 Å². The van der Waals surface area contributed by atoms with Crippen LogP contribution in [0.2, 0.25) is 0 Å². The highest BCUT2D eigenvalue weighted by molar-refractivity contribution is 5.96. The monoisotopic (exact) mass is 220 g/mol. The molecule has 0 N–H and O–H groups in total. The molecule has 2 unspecified atom stereocenters. The normalized spacial score (nSPS) is 24.9. The van der Waals surface area contributed by atoms with E-state index in [1.165, 1.54) is 12.8 Å². The molecule has 0 radical (unpaired) electrons. The first kappa shape index (κ1) is 11.4. The molecule has 2 atom stereocenters. The highest BCUT2D eigenvalue weighted by atomic mass is 16.1. The molecule has 1 aliphatic rings. The molecule has 2 rings (SSSR count). The number of ketones is 1. The molecular weight excluding hydrogens is 200 g/mol. The number of rotatable bonds is 4. The van der Waals surface area contributed by atoms with Crippen molar-refractivity contribution in [1.29, 1.82) is 0 Å². The lowest BCUT2D eigenvalue weighted by molar-refractivity contribution is 0.0909. The number of aromatic nitrogens is 2. The largest absolute Gasteiger partial charge is 0.292 e. The van der Waals surface area contributed by atoms with Gasteiger partial charge in [-0.15, -0.1) is 0 Å². The zero-order chi connectivity index (χ0) is 11.5. The number of hydrogen-bond donors (Lipinski definition) is 0. The van der Waals surface area contributed by atoms with Crippen molar-refractivity contribution >= 4 is 5.78 Å². The van der Waals surface area contributed by atoms with Crippen LogP contribution in [0.15, 0.2) is 12.3 Å². The van der Waals surface area contributed by atoms with Crippen LogP contribution in [-0.4, -0.2) is 15.6 Å². The summed E-state index contributed by atoms with van der Waals surface area (Å²) in [5.74, 6) is 1.30. The molecule has 0 aromatic carbocycles. The van der Waals surface area contributed by atoms with Gasteiger partial charge in [0.05, 0.1) is 0 Å². The van der Waals surface area contributed by atoms with Crippen LogP contribution in [0.3, 0.4) is 0 Å². The Morgan fingerprint density at radius 2 is 2.31 bits per heavy atom. The third kappa shape index (κ3) is 2.04. The van der Waals surface area contributed by atoms with Crippen molar-refractivity contribution in [2.75, 3.05) is 0 Å². The van der Waals surface area contributed by atoms with Gasteiger partial charge in [-0.25, -0.2) is 0 Å². The Hall–Kier alpha value is -1.12. The molecule has 0 amide bonds. The zero-order valence-electron chi connectivity index (χ0n) is 10.1. The summed E-state index contributed by atoms with van der Waals surface area (Å²) in [6, 6.07) is 1.85. The minimum absolute atomic E-state index is 0.243. The number of carbonyl (C=O) groups excluding carboxylic acids is 1. The smallest absolute Gasteiger partial charge is 0.183 e. The maximum atomic E-state index is 12.3. The highest BCUT2D eigenvalue weighted by Gasteiger charge is 2.30. The second-order valence-corrected chi connectivity index (χ2v) is 4.68. The van der Waals surface area contributed by atoms with Crippen LogP contribution in [-0.2, 0) is 6.54 Å². The summed E-state index contributed by atoms with van der Waals surface area (Å²) >= 11 is 0. The molecule has 0 bridgehead atoms. The van der Waals surface area contributed by atoms with Gasteiger partial charge in [-0.3, -0.25) is 9.48 Å². The summed E-state index contributed by atoms with van der Waals surface area (Å²) in [6.45, 7) is 5.01. The van der Waals surface area contributed by atoms with Gasteiger partial charge in [-0.1, -0.05) is 13.3 Å². The topological polar surface area (TPSA) is 34.9 Å². The van der Waals surface area contributed by atoms with E-state index in [4.69, 9.17) is 0 Å². The van der Waals surface area contributed by atoms with Gasteiger partial charge < -0.3 is 0 Å². The number of aryl methyl sites for hydroxylation is 1. The van der Waals surface area contributed by atoms with Crippen molar-refractivity contribution in [2.45, 2.75) is 46.1 Å². The minimum atomic E-state index is 0.243. The first-order valence-electron chi connectivity index (χ1n) is 6.32. The van der Waals surface area contributed by atoms with Crippen LogP contribution in [0, 0.1) is 11.8 Å². The summed E-state index contributed by atoms with van der Waals surface area (Å²) < 4.78 is 1.81. The average molecular weight is 220 g/mol. The summed E-state index contributed by atoms with van der Waals surface area (Å²) in [7, 11) is 0. The third-order valence-electron chi connectivity index (χ3n) is 3.76. The number of hydrogen-bond acceptors (Lipinski definition) is 2. The first-order valence-corrected chi connectivity index (χ1v) is 6.32. The van der Waals surface area contributed by atoms with Crippen LogP contribution < -0.4 is 0 Å². The van der Waals surface area contributed by atoms with Gasteiger partial charge >= 0.3 is 0 Å². The molecule has 16 heavy (non-hydrogen) atoms. The van der Waals surface area contributed by atoms with Crippen molar-refractivity contribution in [3.63, 3.8) is 0 Å². The van der Waals surface area contributed by atoms with Gasteiger partial charge in [0.2, 0.25) is 0 Å². The SMILES string of the molecule is CCC1CCC(C(=O)c2ccnn2CC)C1. The van der Waals surface area contributed by atoms with Crippen LogP contribution in [0.1, 0.15) is 50.0 Å². The second kappa shape index (κ2) is 4.81. The molecule has 0 aliphatic heterocycles. The van der Waals surface area contributed by atoms with Gasteiger partial charge in [-0.05, 0) is 38.2 Å². The van der Waals surface area contributed by atoms with E-state index < -0.39 is 0 Å². The molecule has 1 aromatic rings. The Morgan fingerprint density at radius 1 is 1.50 bits per heavy atom. The van der Waals surface area contributed by atoms with Gasteiger partial charge in [0, 0.05) is 18.7 Å². The van der Waals surface area contributed by atoms with E-state index >= 15 is 0 Å². The lowest BCUT2D eigenvalue weighted by Gasteiger charge is -2.10. The molecular formula is C13H20N2O. The molecule has 88 valence electrons. The second-order valence-electron chi connectivity index (χ2n) is 4.68. The third-order valence-corrected chi connectivity index (χ3v) is 3.76. The fraction of sp³-hybridized carbons (Fsp3) is 0.692. The Morgan fingerprint density at radius 3 is 2.94 bits per heavy atom. The van der Waals surface area contributed by atoms with Crippen LogP contribution in [0.25, 0.3) is 0 Å². The Kier molecular flexibility index (Phi) is 3.42. The molecule has 1 fully saturated rings. The Bertz CT molecular complexity index is 370. The van der Waals surface area contributed by atoms with E-state index in [1.54, 1.807) is 6.20 Å². The number of carbonyl (C=O) groups is 1. The number of Topliss-reactive ketones (excluding diaryl/α,β-unsaturated/α-hetero) is 1. The summed E-state index contributed by atoms with van der Waals surface area (Å²) in [6.07, 6.45) is 6.28. The fourth-order valence-corrected chi connectivity index (χ4v) is 2.69. The van der Waals surface area contributed by atoms with Crippen molar-refractivity contribution in [3.05, 3.63) is 18.0 Å². The van der Waals surface area contributed by atoms with Crippen LogP contribution in [0.4, 0.5) is 0 Å². The van der Waals surface area contributed by atoms with E-state index in [9.17, 15) is 4.79 Å². The molecule has 1 aliphatic carbocycles. The zero-order valence-corrected chi connectivity index (χ0v) is 10.1. The van der Waals surface area contributed by atoms with Crippen molar-refractivity contribution in [1.82, 2.24) is 9.78 Å². The van der Waals surface area contributed by atoms with Gasteiger partial charge in [0.15, 0.2) is 5.78 Å². The molecule has 3 heteroatoms. The van der Waals surface area contributed by atoms with E-state index in [-0.39, 0.29) is 5.92 Å². The van der Waals surface area contributed by atoms with Gasteiger partial charge in [-0.2, -0.15) is 5.10 Å². The number of nitrogens with zero attached hydrogens (tertiary/aromatic N) is 2. The fourth-order valence-electron chi connectivity index (χ4n) is 2.69. The standard InChI is InChI=1S/C13H20N2O/c1-3-10-5-6-11(9-10)13(16)12-7-8-14-15(12)4-2/h7-8,10-11H,3-6,9H2,1-2H3. The highest BCUT2D eigenvalue weighted by Crippen LogP contribution is 2.34. The minimum Gasteiger partial charge on any atom is -0.292 e. The summed E-state index contributed by atoms with van der Waals surface area (Å²) in [5, 5.41) is 4.16. The van der Waals surface area contributed by atoms with E-state index in [2.05, 4.69) is 12.0 Å². The predicted molar refractivity (Wildman–Crippen MR) is 63.4 cm³/mol. The predicted octanol–water partition coefficient (Wildman–Crippen LogP) is 2.91. The lowest BCUT2D eigenvalue weighted by Crippen LogP contribution is -2.17. The molecule has 1 aromatic heterocycles. The maximum Gasteiger partial charge on any atom is 0.183 e. The lowest BCUT2D eigenvalue weighted by atomic mass is 9.97. The molecule has 1 heterocycles. The van der Waals surface area contributed by atoms with E-state index in [1.807, 2.05) is 17.7 Å². The first-order chi connectivity index (χ1) is 7.76. The molecule has 0 saturated heterocycles. The summed E-state index contributed by atoms with van der Waals surface area (Å²) in [5.41, 5.74) is 0.796. The average Bonchev–Trinajstić information content (AvgIpc) is 2.96. The van der Waals surface area contributed by atoms with Gasteiger partial charge in [0.25, 0.3) is 0 Å². The quantitative estimate of drug-likeness (QED) is 0.731. The van der Waals surface area contributed by atoms with Crippen LogP contribution >= 0.6 is 0 Å². The van der Waals surface area contributed by atoms with E-state index in [0.29, 0.717) is 5.78 Å².